The molecular weight excluding hydrogens is 120 g/mol. The summed E-state index contributed by atoms with van der Waals surface area (Å²) in [5.74, 6) is 0.764. The minimum absolute atomic E-state index is 0.333. The Balaban J connectivity index is 0.000000112. The highest BCUT2D eigenvalue weighted by atomic mass is 32.2. The maximum Gasteiger partial charge on any atom is 0.199 e. The number of rotatable bonds is 0. The molecule has 0 aromatic heterocycles. The quantitative estimate of drug-likeness (QED) is 0.404. The Morgan fingerprint density at radius 2 is 1.83 bits per heavy atom. The number of carbonyl (C=O) groups is 1. The largest absolute Gasteiger partial charge is 0.286 e. The second kappa shape index (κ2) is 3.36. The average molecular weight is 124 g/mol. The molecule has 2 nitrogen and oxygen atoms in total. The van der Waals surface area contributed by atoms with Crippen LogP contribution in [0.5, 0.6) is 0 Å². The molecule has 0 aromatic rings. The van der Waals surface area contributed by atoms with Gasteiger partial charge in [-0.3, -0.25) is 9.00 Å². The zero-order chi connectivity index (χ0) is 4.99. The van der Waals surface area contributed by atoms with E-state index >= 15 is 0 Å². The van der Waals surface area contributed by atoms with E-state index in [1.807, 2.05) is 0 Å². The maximum absolute atomic E-state index is 9.52. The molecule has 6 heavy (non-hydrogen) atoms. The van der Waals surface area contributed by atoms with Gasteiger partial charge in [0.05, 0.1) is 5.75 Å². The summed E-state index contributed by atoms with van der Waals surface area (Å²) in [5.41, 5.74) is 0. The van der Waals surface area contributed by atoms with E-state index in [0.717, 1.165) is 5.75 Å². The van der Waals surface area contributed by atoms with Crippen molar-refractivity contribution in [2.24, 2.45) is 0 Å². The fraction of sp³-hybridized carbons (Fsp3) is 0.500. The molecule has 0 radical (unpaired) electrons. The van der Waals surface area contributed by atoms with Crippen LogP contribution in [0.3, 0.4) is 0 Å². The van der Waals surface area contributed by atoms with Gasteiger partial charge >= 0.3 is 0 Å². The van der Waals surface area contributed by atoms with E-state index in [4.69, 9.17) is 4.21 Å². The highest BCUT2D eigenvalue weighted by molar-refractivity contribution is 8.24. The van der Waals surface area contributed by atoms with Gasteiger partial charge in [0.25, 0.3) is 0 Å². The Labute approximate surface area is 44.8 Å². The third-order valence-corrected chi connectivity index (χ3v) is 0.787. The van der Waals surface area contributed by atoms with Gasteiger partial charge in [-0.05, 0) is 12.5 Å². The van der Waals surface area contributed by atoms with Crippen molar-refractivity contribution in [2.45, 2.75) is 0 Å². The average Bonchev–Trinajstić information content (AvgIpc) is 2.30. The van der Waals surface area contributed by atoms with Crippen LogP contribution in [-0.4, -0.2) is 15.1 Å². The molecule has 1 saturated heterocycles. The number of hydrogen-bond acceptors (Lipinski definition) is 3. The molecule has 0 saturated carbocycles. The predicted octanol–water partition coefficient (Wildman–Crippen LogP) is -0.612. The summed E-state index contributed by atoms with van der Waals surface area (Å²) in [6.07, 6.45) is 0. The SMILES string of the molecule is O=C1CS1.O=[SH2]. The van der Waals surface area contributed by atoms with Crippen LogP contribution in [0.15, 0.2) is 0 Å². The molecule has 1 rings (SSSR count). The molecule has 0 N–H and O–H groups in total. The van der Waals surface area contributed by atoms with Crippen molar-refractivity contribution >= 4 is 29.4 Å². The van der Waals surface area contributed by atoms with E-state index in [2.05, 4.69) is 0 Å². The number of carbonyl (C=O) groups excluding carboxylic acids is 1. The summed E-state index contributed by atoms with van der Waals surface area (Å²) < 4.78 is 8.06. The van der Waals surface area contributed by atoms with Crippen LogP contribution in [0.25, 0.3) is 0 Å². The van der Waals surface area contributed by atoms with Crippen LogP contribution in [0.1, 0.15) is 0 Å². The van der Waals surface area contributed by atoms with Gasteiger partial charge in [0, 0.05) is 0 Å². The molecule has 0 unspecified atom stereocenters. The first kappa shape index (κ1) is 6.17. The third kappa shape index (κ3) is 4.17. The van der Waals surface area contributed by atoms with Crippen LogP contribution in [-0.2, 0) is 17.3 Å². The summed E-state index contributed by atoms with van der Waals surface area (Å²) in [4.78, 5) is 9.52. The molecule has 1 aliphatic heterocycles. The fourth-order valence-electron chi connectivity index (χ4n) is 0.0295. The minimum atomic E-state index is 0.333. The van der Waals surface area contributed by atoms with Crippen LogP contribution in [0.4, 0.5) is 0 Å². The van der Waals surface area contributed by atoms with Gasteiger partial charge in [-0.15, -0.1) is 0 Å². The molecule has 0 spiro atoms. The van der Waals surface area contributed by atoms with Gasteiger partial charge in [0.2, 0.25) is 0 Å². The lowest BCUT2D eigenvalue weighted by Crippen LogP contribution is -1.48. The summed E-state index contributed by atoms with van der Waals surface area (Å²) in [7, 11) is 0. The summed E-state index contributed by atoms with van der Waals surface area (Å²) >= 11 is 3.11. The molecule has 1 fully saturated rings. The second-order valence-corrected chi connectivity index (χ2v) is 1.69. The summed E-state index contributed by atoms with van der Waals surface area (Å²) in [6.45, 7) is 0. The van der Waals surface area contributed by atoms with Gasteiger partial charge in [-0.25, -0.2) is 0 Å². The number of hydrogen-bond donors (Lipinski definition) is 0. The van der Waals surface area contributed by atoms with E-state index in [-0.39, 0.29) is 0 Å². The molecule has 1 aliphatic rings. The Bertz CT molecular complexity index is 56.6. The maximum atomic E-state index is 9.52. The van der Waals surface area contributed by atoms with Crippen LogP contribution in [0.2, 0.25) is 0 Å². The van der Waals surface area contributed by atoms with Gasteiger partial charge in [-0.2, -0.15) is 0 Å². The standard InChI is InChI=1S/C2H2OS.H2OS/c3-2-1-4-2;1-2/h1H2;2H2. The zero-order valence-corrected chi connectivity index (χ0v) is 4.75. The molecule has 0 bridgehead atoms. The van der Waals surface area contributed by atoms with E-state index in [0.29, 0.717) is 5.12 Å². The zero-order valence-electron chi connectivity index (χ0n) is 2.93. The molecular formula is C2H4O2S2. The van der Waals surface area contributed by atoms with E-state index in [1.54, 1.807) is 12.5 Å². The molecule has 36 valence electrons. The van der Waals surface area contributed by atoms with Crippen molar-refractivity contribution in [1.82, 2.24) is 0 Å². The Kier molecular flexibility index (Phi) is 3.46. The summed E-state index contributed by atoms with van der Waals surface area (Å²) in [6, 6.07) is 0. The highest BCUT2D eigenvalue weighted by Gasteiger charge is 2.15. The van der Waals surface area contributed by atoms with E-state index in [1.165, 1.54) is 11.8 Å². The van der Waals surface area contributed by atoms with Gasteiger partial charge in [0.1, 0.15) is 0 Å². The molecule has 0 aromatic carbocycles. The molecule has 1 heterocycles. The van der Waals surface area contributed by atoms with Gasteiger partial charge < -0.3 is 0 Å². The molecule has 4 heteroatoms. The highest BCUT2D eigenvalue weighted by Crippen LogP contribution is 2.18. The smallest absolute Gasteiger partial charge is 0.199 e. The van der Waals surface area contributed by atoms with Crippen LogP contribution < -0.4 is 0 Å². The lowest BCUT2D eigenvalue weighted by Gasteiger charge is -1.23. The van der Waals surface area contributed by atoms with Gasteiger partial charge in [-0.1, -0.05) is 11.8 Å². The Morgan fingerprint density at radius 3 is 1.83 bits per heavy atom. The topological polar surface area (TPSA) is 34.1 Å². The van der Waals surface area contributed by atoms with Crippen molar-refractivity contribution in [3.8, 4) is 0 Å². The summed E-state index contributed by atoms with van der Waals surface area (Å²) in [5, 5.41) is 0.333. The monoisotopic (exact) mass is 124 g/mol. The third-order valence-electron chi connectivity index (χ3n) is 0.262. The first-order chi connectivity index (χ1) is 2.89. The van der Waals surface area contributed by atoms with Crippen LogP contribution >= 0.6 is 11.8 Å². The number of thioether (sulfide) groups is 1. The minimum Gasteiger partial charge on any atom is -0.286 e. The predicted molar refractivity (Wildman–Crippen MR) is 28.4 cm³/mol. The fourth-order valence-corrected chi connectivity index (χ4v) is 0.0884. The second-order valence-electron chi connectivity index (χ2n) is 0.661. The van der Waals surface area contributed by atoms with Crippen molar-refractivity contribution in [3.05, 3.63) is 0 Å². The van der Waals surface area contributed by atoms with Gasteiger partial charge in [0.15, 0.2) is 5.12 Å². The lowest BCUT2D eigenvalue weighted by atomic mass is 11.0. The normalized spacial score (nSPS) is 15.2. The first-order valence-electron chi connectivity index (χ1n) is 1.25. The van der Waals surface area contributed by atoms with Crippen molar-refractivity contribution in [2.75, 3.05) is 5.75 Å². The van der Waals surface area contributed by atoms with Crippen LogP contribution in [0, 0.1) is 0 Å². The van der Waals surface area contributed by atoms with E-state index < -0.39 is 0 Å². The van der Waals surface area contributed by atoms with Crippen molar-refractivity contribution < 1.29 is 9.00 Å². The van der Waals surface area contributed by atoms with Crippen molar-refractivity contribution in [3.63, 3.8) is 0 Å². The lowest BCUT2D eigenvalue weighted by molar-refractivity contribution is -0.106. The molecule has 0 amide bonds. The first-order valence-corrected chi connectivity index (χ1v) is 2.65. The molecule has 0 aliphatic carbocycles. The Morgan fingerprint density at radius 1 is 1.67 bits per heavy atom. The van der Waals surface area contributed by atoms with E-state index in [9.17, 15) is 4.79 Å². The van der Waals surface area contributed by atoms with Crippen molar-refractivity contribution in [1.29, 1.82) is 0 Å². The Hall–Kier alpha value is 0.170. The molecule has 0 atom stereocenters.